The van der Waals surface area contributed by atoms with E-state index in [0.717, 1.165) is 10.4 Å². The van der Waals surface area contributed by atoms with Crippen molar-refractivity contribution < 1.29 is 12.8 Å². The predicted molar refractivity (Wildman–Crippen MR) is 123 cm³/mol. The number of rotatable bonds is 7. The molecule has 0 radical (unpaired) electrons. The molecule has 2 aromatic carbocycles. The Balaban J connectivity index is 2.12. The first-order valence-electron chi connectivity index (χ1n) is 9.80. The molecule has 0 amide bonds. The minimum Gasteiger partial charge on any atom is -0.401 e. The third-order valence-corrected chi connectivity index (χ3v) is 12.0. The van der Waals surface area contributed by atoms with E-state index in [1.165, 1.54) is 28.7 Å². The SMILES string of the molecule is CN(C)S(=O)(=O)n1cncc1CO[Si](c1ccccc1)(c1ccccc1)C(C)(C)C. The van der Waals surface area contributed by atoms with E-state index in [2.05, 4.69) is 50.0 Å². The van der Waals surface area contributed by atoms with Gasteiger partial charge in [-0.1, -0.05) is 81.4 Å². The molecule has 0 saturated heterocycles. The van der Waals surface area contributed by atoms with Crippen LogP contribution in [0.2, 0.25) is 5.04 Å². The number of hydrogen-bond donors (Lipinski definition) is 0. The lowest BCUT2D eigenvalue weighted by Gasteiger charge is -2.43. The van der Waals surface area contributed by atoms with E-state index in [0.29, 0.717) is 5.69 Å². The molecule has 0 saturated carbocycles. The predicted octanol–water partition coefficient (Wildman–Crippen LogP) is 2.61. The molecule has 0 spiro atoms. The smallest absolute Gasteiger partial charge is 0.308 e. The average Bonchev–Trinajstić information content (AvgIpc) is 3.18. The van der Waals surface area contributed by atoms with Gasteiger partial charge in [-0.25, -0.2) is 8.96 Å². The highest BCUT2D eigenvalue weighted by Crippen LogP contribution is 2.37. The monoisotopic (exact) mass is 443 g/mol. The average molecular weight is 444 g/mol. The van der Waals surface area contributed by atoms with Gasteiger partial charge >= 0.3 is 10.2 Å². The zero-order valence-electron chi connectivity index (χ0n) is 18.1. The van der Waals surface area contributed by atoms with Crippen LogP contribution < -0.4 is 10.4 Å². The van der Waals surface area contributed by atoms with Gasteiger partial charge in [0.1, 0.15) is 6.33 Å². The first-order valence-corrected chi connectivity index (χ1v) is 13.1. The Bertz CT molecular complexity index is 1040. The zero-order valence-corrected chi connectivity index (χ0v) is 19.9. The summed E-state index contributed by atoms with van der Waals surface area (Å²) in [6.45, 7) is 6.70. The molecular formula is C22H29N3O3SSi. The minimum absolute atomic E-state index is 0.139. The van der Waals surface area contributed by atoms with Crippen molar-refractivity contribution in [1.29, 1.82) is 0 Å². The van der Waals surface area contributed by atoms with Crippen molar-refractivity contribution in [1.82, 2.24) is 13.3 Å². The van der Waals surface area contributed by atoms with Gasteiger partial charge in [0.15, 0.2) is 0 Å². The van der Waals surface area contributed by atoms with E-state index in [1.54, 1.807) is 6.20 Å². The van der Waals surface area contributed by atoms with Crippen molar-refractivity contribution in [3.63, 3.8) is 0 Å². The molecule has 0 aliphatic heterocycles. The van der Waals surface area contributed by atoms with Crippen LogP contribution >= 0.6 is 0 Å². The maximum absolute atomic E-state index is 12.7. The fourth-order valence-corrected chi connectivity index (χ4v) is 9.18. The number of imidazole rings is 1. The number of hydrogen-bond acceptors (Lipinski definition) is 4. The summed E-state index contributed by atoms with van der Waals surface area (Å²) in [5, 5.41) is 2.09. The number of benzene rings is 2. The molecule has 160 valence electrons. The molecule has 0 aliphatic carbocycles. The number of aromatic nitrogens is 2. The highest BCUT2D eigenvalue weighted by molar-refractivity contribution is 7.87. The fourth-order valence-electron chi connectivity index (χ4n) is 3.74. The van der Waals surface area contributed by atoms with Gasteiger partial charge in [-0.05, 0) is 15.4 Å². The molecule has 0 bridgehead atoms. The van der Waals surface area contributed by atoms with Crippen LogP contribution in [-0.2, 0) is 21.2 Å². The first-order chi connectivity index (χ1) is 14.1. The van der Waals surface area contributed by atoms with Crippen LogP contribution in [-0.4, -0.2) is 44.1 Å². The summed E-state index contributed by atoms with van der Waals surface area (Å²) in [6.07, 6.45) is 2.87. The van der Waals surface area contributed by atoms with Gasteiger partial charge in [0.05, 0.1) is 18.5 Å². The van der Waals surface area contributed by atoms with Gasteiger partial charge in [0.2, 0.25) is 0 Å². The van der Waals surface area contributed by atoms with Gasteiger partial charge in [-0.2, -0.15) is 12.7 Å². The van der Waals surface area contributed by atoms with Crippen molar-refractivity contribution in [2.24, 2.45) is 0 Å². The molecule has 30 heavy (non-hydrogen) atoms. The second kappa shape index (κ2) is 8.47. The topological polar surface area (TPSA) is 64.4 Å². The van der Waals surface area contributed by atoms with Crippen molar-refractivity contribution in [3.8, 4) is 0 Å². The largest absolute Gasteiger partial charge is 0.401 e. The zero-order chi connectivity index (χ0) is 22.0. The molecule has 0 fully saturated rings. The van der Waals surface area contributed by atoms with Gasteiger partial charge < -0.3 is 4.43 Å². The normalized spacial score (nSPS) is 13.0. The van der Waals surface area contributed by atoms with Crippen LogP contribution in [0.4, 0.5) is 0 Å². The highest BCUT2D eigenvalue weighted by atomic mass is 32.2. The second-order valence-corrected chi connectivity index (χ2v) is 14.7. The molecule has 0 aliphatic rings. The molecule has 1 heterocycles. The third-order valence-electron chi connectivity index (χ3n) is 5.24. The Kier molecular flexibility index (Phi) is 6.33. The summed E-state index contributed by atoms with van der Waals surface area (Å²) in [6, 6.07) is 20.5. The Hall–Kier alpha value is -2.26. The molecule has 3 rings (SSSR count). The van der Waals surface area contributed by atoms with Crippen molar-refractivity contribution in [2.45, 2.75) is 32.4 Å². The lowest BCUT2D eigenvalue weighted by atomic mass is 10.2. The summed E-state index contributed by atoms with van der Waals surface area (Å²) >= 11 is 0. The van der Waals surface area contributed by atoms with E-state index in [4.69, 9.17) is 4.43 Å². The summed E-state index contributed by atoms with van der Waals surface area (Å²) in [5.41, 5.74) is 0.497. The van der Waals surface area contributed by atoms with E-state index in [9.17, 15) is 8.42 Å². The summed E-state index contributed by atoms with van der Waals surface area (Å²) in [4.78, 5) is 4.07. The van der Waals surface area contributed by atoms with E-state index in [-0.39, 0.29) is 11.6 Å². The third kappa shape index (κ3) is 4.00. The van der Waals surface area contributed by atoms with Crippen molar-refractivity contribution in [2.75, 3.05) is 14.1 Å². The Morgan fingerprint density at radius 3 is 1.90 bits per heavy atom. The van der Waals surface area contributed by atoms with Crippen LogP contribution in [0.1, 0.15) is 26.5 Å². The molecular weight excluding hydrogens is 414 g/mol. The van der Waals surface area contributed by atoms with Gasteiger partial charge in [0.25, 0.3) is 8.32 Å². The van der Waals surface area contributed by atoms with Crippen LogP contribution in [0.25, 0.3) is 0 Å². The van der Waals surface area contributed by atoms with Gasteiger partial charge in [-0.15, -0.1) is 0 Å². The second-order valence-electron chi connectivity index (χ2n) is 8.42. The van der Waals surface area contributed by atoms with Crippen molar-refractivity contribution in [3.05, 3.63) is 78.9 Å². The lowest BCUT2D eigenvalue weighted by molar-refractivity contribution is 0.280. The molecule has 6 nitrogen and oxygen atoms in total. The van der Waals surface area contributed by atoms with Crippen molar-refractivity contribution >= 4 is 28.9 Å². The molecule has 0 atom stereocenters. The molecule has 1 aromatic heterocycles. The first kappa shape index (κ1) is 22.4. The van der Waals surface area contributed by atoms with Gasteiger partial charge in [0, 0.05) is 14.1 Å². The standard InChI is InChI=1S/C22H29N3O3SSi/c1-22(2,3)30(20-12-8-6-9-13-20,21-14-10-7-11-15-21)28-17-19-16-23-18-25(19)29(26,27)24(4)5/h6-16,18H,17H2,1-5H3. The molecule has 0 N–H and O–H groups in total. The Morgan fingerprint density at radius 1 is 0.967 bits per heavy atom. The summed E-state index contributed by atoms with van der Waals surface area (Å²) < 4.78 is 34.5. The highest BCUT2D eigenvalue weighted by Gasteiger charge is 2.50. The fraction of sp³-hybridized carbons (Fsp3) is 0.318. The quantitative estimate of drug-likeness (QED) is 0.527. The van der Waals surface area contributed by atoms with Crippen LogP contribution in [0.5, 0.6) is 0 Å². The Labute approximate surface area is 180 Å². The van der Waals surface area contributed by atoms with E-state index >= 15 is 0 Å². The maximum Gasteiger partial charge on any atom is 0.308 e. The van der Waals surface area contributed by atoms with Crippen LogP contribution in [0.3, 0.4) is 0 Å². The molecule has 8 heteroatoms. The van der Waals surface area contributed by atoms with E-state index < -0.39 is 18.5 Å². The Morgan fingerprint density at radius 2 is 1.47 bits per heavy atom. The van der Waals surface area contributed by atoms with Crippen LogP contribution in [0, 0.1) is 0 Å². The van der Waals surface area contributed by atoms with E-state index in [1.807, 2.05) is 36.4 Å². The molecule has 0 unspecified atom stereocenters. The molecule has 3 aromatic rings. The minimum atomic E-state index is -3.67. The maximum atomic E-state index is 12.7. The lowest BCUT2D eigenvalue weighted by Crippen LogP contribution is -2.66. The number of nitrogens with zero attached hydrogens (tertiary/aromatic N) is 3. The summed E-state index contributed by atoms with van der Waals surface area (Å²) in [7, 11) is -3.43. The van der Waals surface area contributed by atoms with Gasteiger partial charge in [-0.3, -0.25) is 0 Å². The van der Waals surface area contributed by atoms with Crippen LogP contribution in [0.15, 0.2) is 73.2 Å². The summed E-state index contributed by atoms with van der Waals surface area (Å²) in [5.74, 6) is 0.